The van der Waals surface area contributed by atoms with E-state index < -0.39 is 5.97 Å². The molecule has 0 aliphatic carbocycles. The molecular weight excluding hydrogens is 230 g/mol. The standard InChI is InChI=1S/C11H10ClNO3/c1-6(2)10(14)13-7-3-4-8(11(15)16)9(12)5-7/h3-5H,1H2,2H3,(H,13,14)(H,15,16). The normalized spacial score (nSPS) is 9.62. The Labute approximate surface area is 97.5 Å². The van der Waals surface area contributed by atoms with Gasteiger partial charge in [0.05, 0.1) is 10.6 Å². The SMILES string of the molecule is C=C(C)C(=O)Nc1ccc(C(=O)O)c(Cl)c1. The topological polar surface area (TPSA) is 66.4 Å². The maximum atomic E-state index is 11.3. The van der Waals surface area contributed by atoms with E-state index in [4.69, 9.17) is 16.7 Å². The zero-order chi connectivity index (χ0) is 12.3. The summed E-state index contributed by atoms with van der Waals surface area (Å²) >= 11 is 5.73. The molecule has 4 nitrogen and oxygen atoms in total. The average Bonchev–Trinajstić information content (AvgIpc) is 2.16. The molecule has 1 rings (SSSR count). The minimum atomic E-state index is -1.11. The maximum absolute atomic E-state index is 11.3. The van der Waals surface area contributed by atoms with Gasteiger partial charge < -0.3 is 10.4 Å². The molecule has 0 radical (unpaired) electrons. The van der Waals surface area contributed by atoms with Crippen molar-refractivity contribution in [3.05, 3.63) is 40.9 Å². The maximum Gasteiger partial charge on any atom is 0.337 e. The molecule has 1 aromatic carbocycles. The van der Waals surface area contributed by atoms with E-state index in [9.17, 15) is 9.59 Å². The van der Waals surface area contributed by atoms with Crippen LogP contribution >= 0.6 is 11.6 Å². The first-order valence-electron chi connectivity index (χ1n) is 4.41. The van der Waals surface area contributed by atoms with Crippen LogP contribution in [-0.2, 0) is 4.79 Å². The van der Waals surface area contributed by atoms with E-state index in [1.54, 1.807) is 6.92 Å². The molecule has 16 heavy (non-hydrogen) atoms. The fourth-order valence-corrected chi connectivity index (χ4v) is 1.27. The Bertz CT molecular complexity index is 468. The molecule has 0 bridgehead atoms. The van der Waals surface area contributed by atoms with Gasteiger partial charge in [-0.2, -0.15) is 0 Å². The number of aromatic carboxylic acids is 1. The van der Waals surface area contributed by atoms with Gasteiger partial charge in [0.2, 0.25) is 0 Å². The summed E-state index contributed by atoms with van der Waals surface area (Å²) in [6.45, 7) is 5.05. The molecule has 2 N–H and O–H groups in total. The number of nitrogens with one attached hydrogen (secondary N) is 1. The fraction of sp³-hybridized carbons (Fsp3) is 0.0909. The van der Waals surface area contributed by atoms with Crippen molar-refractivity contribution in [2.45, 2.75) is 6.92 Å². The highest BCUT2D eigenvalue weighted by molar-refractivity contribution is 6.33. The van der Waals surface area contributed by atoms with E-state index in [0.717, 1.165) is 0 Å². The van der Waals surface area contributed by atoms with Crippen molar-refractivity contribution >= 4 is 29.2 Å². The molecule has 0 unspecified atom stereocenters. The van der Waals surface area contributed by atoms with Gasteiger partial charge in [-0.1, -0.05) is 18.2 Å². The van der Waals surface area contributed by atoms with Gasteiger partial charge in [0.1, 0.15) is 0 Å². The third-order valence-corrected chi connectivity index (χ3v) is 2.16. The molecule has 5 heteroatoms. The number of benzene rings is 1. The Balaban J connectivity index is 2.94. The summed E-state index contributed by atoms with van der Waals surface area (Å²) < 4.78 is 0. The first kappa shape index (κ1) is 12.3. The molecule has 1 aromatic rings. The van der Waals surface area contributed by atoms with E-state index in [0.29, 0.717) is 11.3 Å². The summed E-state index contributed by atoms with van der Waals surface area (Å²) in [5.74, 6) is -1.44. The van der Waals surface area contributed by atoms with E-state index >= 15 is 0 Å². The molecule has 0 spiro atoms. The van der Waals surface area contributed by atoms with Crippen molar-refractivity contribution in [2.24, 2.45) is 0 Å². The van der Waals surface area contributed by atoms with Crippen molar-refractivity contribution < 1.29 is 14.7 Å². The van der Waals surface area contributed by atoms with Gasteiger partial charge in [0, 0.05) is 11.3 Å². The molecule has 0 fully saturated rings. The largest absolute Gasteiger partial charge is 0.478 e. The lowest BCUT2D eigenvalue weighted by atomic mass is 10.2. The van der Waals surface area contributed by atoms with Gasteiger partial charge in [-0.15, -0.1) is 0 Å². The van der Waals surface area contributed by atoms with Crippen molar-refractivity contribution in [1.82, 2.24) is 0 Å². The minimum absolute atomic E-state index is 0.00464. The van der Waals surface area contributed by atoms with Crippen LogP contribution in [0.2, 0.25) is 5.02 Å². The second-order valence-electron chi connectivity index (χ2n) is 3.23. The molecule has 0 atom stereocenters. The van der Waals surface area contributed by atoms with E-state index in [1.807, 2.05) is 0 Å². The number of anilines is 1. The Morgan fingerprint density at radius 3 is 2.50 bits per heavy atom. The first-order valence-corrected chi connectivity index (χ1v) is 4.79. The zero-order valence-electron chi connectivity index (χ0n) is 8.58. The number of carboxylic acid groups (broad SMARTS) is 1. The Hall–Kier alpha value is -1.81. The number of carbonyl (C=O) groups excluding carboxylic acids is 1. The number of hydrogen-bond acceptors (Lipinski definition) is 2. The predicted molar refractivity (Wildman–Crippen MR) is 61.9 cm³/mol. The van der Waals surface area contributed by atoms with E-state index in [-0.39, 0.29) is 16.5 Å². The molecular formula is C11H10ClNO3. The van der Waals surface area contributed by atoms with Gasteiger partial charge in [-0.05, 0) is 25.1 Å². The molecule has 0 saturated heterocycles. The van der Waals surface area contributed by atoms with Crippen LogP contribution in [0.4, 0.5) is 5.69 Å². The van der Waals surface area contributed by atoms with Crippen LogP contribution < -0.4 is 5.32 Å². The first-order chi connectivity index (χ1) is 7.41. The summed E-state index contributed by atoms with van der Waals surface area (Å²) in [7, 11) is 0. The molecule has 0 aromatic heterocycles. The summed E-state index contributed by atoms with van der Waals surface area (Å²) in [4.78, 5) is 21.9. The number of carbonyl (C=O) groups is 2. The summed E-state index contributed by atoms with van der Waals surface area (Å²) in [6, 6.07) is 4.18. The van der Waals surface area contributed by atoms with Crippen LogP contribution in [0, 0.1) is 0 Å². The van der Waals surface area contributed by atoms with Crippen LogP contribution in [-0.4, -0.2) is 17.0 Å². The number of carboxylic acids is 1. The summed E-state index contributed by atoms with van der Waals surface area (Å²) in [5.41, 5.74) is 0.788. The Kier molecular flexibility index (Phi) is 3.68. The number of hydrogen-bond donors (Lipinski definition) is 2. The van der Waals surface area contributed by atoms with Gasteiger partial charge in [-0.3, -0.25) is 4.79 Å². The molecule has 1 amide bonds. The van der Waals surface area contributed by atoms with Crippen molar-refractivity contribution in [3.8, 4) is 0 Å². The van der Waals surface area contributed by atoms with Gasteiger partial charge in [0.25, 0.3) is 5.91 Å². The fourth-order valence-electron chi connectivity index (χ4n) is 1.00. The molecule has 0 aliphatic rings. The number of amides is 1. The monoisotopic (exact) mass is 239 g/mol. The highest BCUT2D eigenvalue weighted by atomic mass is 35.5. The average molecular weight is 240 g/mol. The number of rotatable bonds is 3. The highest BCUT2D eigenvalue weighted by Gasteiger charge is 2.10. The summed E-state index contributed by atoms with van der Waals surface area (Å²) in [6.07, 6.45) is 0. The third kappa shape index (κ3) is 2.84. The van der Waals surface area contributed by atoms with Crippen LogP contribution in [0.1, 0.15) is 17.3 Å². The molecule has 0 heterocycles. The lowest BCUT2D eigenvalue weighted by Crippen LogP contribution is -2.12. The van der Waals surface area contributed by atoms with Gasteiger partial charge >= 0.3 is 5.97 Å². The predicted octanol–water partition coefficient (Wildman–Crippen LogP) is 2.55. The molecule has 0 saturated carbocycles. The van der Waals surface area contributed by atoms with E-state index in [1.165, 1.54) is 18.2 Å². The van der Waals surface area contributed by atoms with Gasteiger partial charge in [0.15, 0.2) is 0 Å². The smallest absolute Gasteiger partial charge is 0.337 e. The third-order valence-electron chi connectivity index (χ3n) is 1.84. The minimum Gasteiger partial charge on any atom is -0.478 e. The second-order valence-corrected chi connectivity index (χ2v) is 3.64. The van der Waals surface area contributed by atoms with Gasteiger partial charge in [-0.25, -0.2) is 4.79 Å². The van der Waals surface area contributed by atoms with Crippen molar-refractivity contribution in [3.63, 3.8) is 0 Å². The highest BCUT2D eigenvalue weighted by Crippen LogP contribution is 2.21. The van der Waals surface area contributed by atoms with Crippen molar-refractivity contribution in [1.29, 1.82) is 0 Å². The Morgan fingerprint density at radius 1 is 1.44 bits per heavy atom. The van der Waals surface area contributed by atoms with E-state index in [2.05, 4.69) is 11.9 Å². The second kappa shape index (κ2) is 4.81. The zero-order valence-corrected chi connectivity index (χ0v) is 9.34. The summed E-state index contributed by atoms with van der Waals surface area (Å²) in [5, 5.41) is 11.3. The lowest BCUT2D eigenvalue weighted by Gasteiger charge is -2.06. The lowest BCUT2D eigenvalue weighted by molar-refractivity contribution is -0.112. The number of halogens is 1. The van der Waals surface area contributed by atoms with Crippen LogP contribution in [0.5, 0.6) is 0 Å². The van der Waals surface area contributed by atoms with Crippen LogP contribution in [0.25, 0.3) is 0 Å². The molecule has 84 valence electrons. The van der Waals surface area contributed by atoms with Crippen LogP contribution in [0.3, 0.4) is 0 Å². The Morgan fingerprint density at radius 2 is 2.06 bits per heavy atom. The molecule has 0 aliphatic heterocycles. The van der Waals surface area contributed by atoms with Crippen LogP contribution in [0.15, 0.2) is 30.4 Å². The van der Waals surface area contributed by atoms with Crippen molar-refractivity contribution in [2.75, 3.05) is 5.32 Å². The quantitative estimate of drug-likeness (QED) is 0.797.